The van der Waals surface area contributed by atoms with Gasteiger partial charge in [-0.1, -0.05) is 72.5 Å². The molecule has 168 valence electrons. The minimum Gasteiger partial charge on any atom is -0.354 e. The van der Waals surface area contributed by atoms with Crippen LogP contribution >= 0.6 is 11.8 Å². The monoisotopic (exact) mass is 440 g/mol. The van der Waals surface area contributed by atoms with Crippen molar-refractivity contribution >= 4 is 23.6 Å². The van der Waals surface area contributed by atoms with Crippen LogP contribution in [0.25, 0.3) is 0 Å². The van der Waals surface area contributed by atoms with E-state index in [1.165, 1.54) is 16.7 Å². The van der Waals surface area contributed by atoms with Gasteiger partial charge >= 0.3 is 0 Å². The van der Waals surface area contributed by atoms with Crippen molar-refractivity contribution in [3.05, 3.63) is 70.3 Å². The molecule has 0 saturated carbocycles. The first-order valence-electron chi connectivity index (χ1n) is 11.1. The molecule has 1 unspecified atom stereocenters. The van der Waals surface area contributed by atoms with Crippen LogP contribution < -0.4 is 5.32 Å². The summed E-state index contributed by atoms with van der Waals surface area (Å²) in [4.78, 5) is 27.5. The lowest BCUT2D eigenvalue weighted by Gasteiger charge is -2.29. The third-order valence-electron chi connectivity index (χ3n) is 5.21. The van der Waals surface area contributed by atoms with E-state index < -0.39 is 6.04 Å². The zero-order chi connectivity index (χ0) is 22.8. The average molecular weight is 441 g/mol. The Morgan fingerprint density at radius 1 is 1.00 bits per heavy atom. The van der Waals surface area contributed by atoms with Crippen molar-refractivity contribution in [3.63, 3.8) is 0 Å². The zero-order valence-corrected chi connectivity index (χ0v) is 20.3. The van der Waals surface area contributed by atoms with Crippen LogP contribution in [0.1, 0.15) is 54.5 Å². The quantitative estimate of drug-likeness (QED) is 0.490. The van der Waals surface area contributed by atoms with Crippen LogP contribution in [0.15, 0.2) is 42.5 Å². The molecule has 0 fully saturated rings. The van der Waals surface area contributed by atoms with Crippen molar-refractivity contribution in [3.8, 4) is 0 Å². The van der Waals surface area contributed by atoms with Crippen molar-refractivity contribution in [1.29, 1.82) is 0 Å². The molecule has 0 aliphatic heterocycles. The van der Waals surface area contributed by atoms with Gasteiger partial charge in [-0.3, -0.25) is 9.59 Å². The number of carbonyl (C=O) groups excluding carboxylic acids is 2. The maximum absolute atomic E-state index is 13.2. The predicted molar refractivity (Wildman–Crippen MR) is 131 cm³/mol. The summed E-state index contributed by atoms with van der Waals surface area (Å²) in [5.41, 5.74) is 5.89. The summed E-state index contributed by atoms with van der Waals surface area (Å²) >= 11 is 1.60. The summed E-state index contributed by atoms with van der Waals surface area (Å²) in [6.45, 7) is 11.2. The van der Waals surface area contributed by atoms with Gasteiger partial charge in [-0.25, -0.2) is 0 Å². The lowest BCUT2D eigenvalue weighted by Crippen LogP contribution is -2.48. The first kappa shape index (κ1) is 25.0. The maximum Gasteiger partial charge on any atom is 0.242 e. The van der Waals surface area contributed by atoms with Gasteiger partial charge < -0.3 is 10.2 Å². The number of nitrogens with one attached hydrogen (secondary N) is 1. The minimum atomic E-state index is -0.508. The Morgan fingerprint density at radius 2 is 1.68 bits per heavy atom. The Bertz CT molecular complexity index is 861. The Kier molecular flexibility index (Phi) is 10.1. The number of hydrogen-bond acceptors (Lipinski definition) is 3. The van der Waals surface area contributed by atoms with Crippen LogP contribution in [0.2, 0.25) is 0 Å². The lowest BCUT2D eigenvalue weighted by atomic mass is 10.1. The van der Waals surface area contributed by atoms with E-state index in [2.05, 4.69) is 50.4 Å². The number of aryl methyl sites for hydroxylation is 3. The van der Waals surface area contributed by atoms with E-state index in [-0.39, 0.29) is 11.8 Å². The third-order valence-corrected chi connectivity index (χ3v) is 6.20. The molecule has 0 aromatic heterocycles. The summed E-state index contributed by atoms with van der Waals surface area (Å²) in [6.07, 6.45) is 1.96. The number of amides is 2. The highest BCUT2D eigenvalue weighted by Gasteiger charge is 2.25. The summed E-state index contributed by atoms with van der Waals surface area (Å²) in [5.74, 6) is 1.04. The number of benzene rings is 2. The van der Waals surface area contributed by atoms with E-state index >= 15 is 0 Å². The van der Waals surface area contributed by atoms with Gasteiger partial charge in [-0.15, -0.1) is 11.8 Å². The van der Waals surface area contributed by atoms with Gasteiger partial charge in [0.1, 0.15) is 6.04 Å². The number of unbranched alkanes of at least 4 members (excludes halogenated alkanes) is 1. The van der Waals surface area contributed by atoms with E-state index in [9.17, 15) is 9.59 Å². The van der Waals surface area contributed by atoms with Gasteiger partial charge in [0.15, 0.2) is 0 Å². The normalized spacial score (nSPS) is 11.8. The van der Waals surface area contributed by atoms with Crippen LogP contribution in [0.5, 0.6) is 0 Å². The molecule has 1 atom stereocenters. The Hall–Kier alpha value is -2.27. The van der Waals surface area contributed by atoms with Crippen molar-refractivity contribution in [2.24, 2.45) is 0 Å². The molecule has 0 saturated heterocycles. The molecule has 5 heteroatoms. The zero-order valence-electron chi connectivity index (χ0n) is 19.5. The van der Waals surface area contributed by atoms with Gasteiger partial charge in [-0.2, -0.15) is 0 Å². The standard InChI is InChI=1S/C26H36N2O2S/c1-6-7-11-27-26(30)22(5)28(16-23-10-8-9-19(2)13-23)25(29)18-31-17-24-14-20(3)12-21(4)15-24/h8-10,12-15,22H,6-7,11,16-18H2,1-5H3,(H,27,30). The van der Waals surface area contributed by atoms with Gasteiger partial charge in [0, 0.05) is 18.8 Å². The van der Waals surface area contributed by atoms with Crippen molar-refractivity contribution in [2.75, 3.05) is 12.3 Å². The second-order valence-electron chi connectivity index (χ2n) is 8.32. The molecule has 0 aliphatic carbocycles. The molecule has 2 amide bonds. The summed E-state index contributed by atoms with van der Waals surface area (Å²) < 4.78 is 0. The molecule has 0 bridgehead atoms. The highest BCUT2D eigenvalue weighted by Crippen LogP contribution is 2.18. The molecule has 0 aliphatic rings. The largest absolute Gasteiger partial charge is 0.354 e. The van der Waals surface area contributed by atoms with E-state index in [0.717, 1.165) is 29.7 Å². The summed E-state index contributed by atoms with van der Waals surface area (Å²) in [5, 5.41) is 2.97. The van der Waals surface area contributed by atoms with E-state index in [1.54, 1.807) is 16.7 Å². The van der Waals surface area contributed by atoms with Crippen LogP contribution in [-0.4, -0.2) is 35.1 Å². The van der Waals surface area contributed by atoms with Gasteiger partial charge in [-0.05, 0) is 45.2 Å². The molecule has 0 heterocycles. The van der Waals surface area contributed by atoms with Gasteiger partial charge in [0.25, 0.3) is 0 Å². The van der Waals surface area contributed by atoms with Crippen LogP contribution in [0, 0.1) is 20.8 Å². The van der Waals surface area contributed by atoms with Gasteiger partial charge in [0.05, 0.1) is 5.75 Å². The fourth-order valence-corrected chi connectivity index (χ4v) is 4.46. The molecule has 0 radical (unpaired) electrons. The summed E-state index contributed by atoms with van der Waals surface area (Å²) in [7, 11) is 0. The smallest absolute Gasteiger partial charge is 0.242 e. The number of hydrogen-bond donors (Lipinski definition) is 1. The second kappa shape index (κ2) is 12.6. The Morgan fingerprint density at radius 3 is 2.32 bits per heavy atom. The highest BCUT2D eigenvalue weighted by molar-refractivity contribution is 7.99. The molecule has 2 aromatic carbocycles. The highest BCUT2D eigenvalue weighted by atomic mass is 32.2. The van der Waals surface area contributed by atoms with Gasteiger partial charge in [0.2, 0.25) is 11.8 Å². The van der Waals surface area contributed by atoms with E-state index in [0.29, 0.717) is 18.8 Å². The van der Waals surface area contributed by atoms with E-state index in [1.807, 2.05) is 32.0 Å². The number of thioether (sulfide) groups is 1. The third kappa shape index (κ3) is 8.41. The predicted octanol–water partition coefficient (Wildman–Crippen LogP) is 5.18. The fourth-order valence-electron chi connectivity index (χ4n) is 3.62. The minimum absolute atomic E-state index is 0.00553. The first-order valence-corrected chi connectivity index (χ1v) is 12.2. The Balaban J connectivity index is 2.06. The number of carbonyl (C=O) groups is 2. The molecule has 31 heavy (non-hydrogen) atoms. The molecule has 2 rings (SSSR count). The lowest BCUT2D eigenvalue weighted by molar-refractivity contribution is -0.138. The van der Waals surface area contributed by atoms with Crippen LogP contribution in [0.4, 0.5) is 0 Å². The average Bonchev–Trinajstić information content (AvgIpc) is 2.71. The molecular formula is C26H36N2O2S. The van der Waals surface area contributed by atoms with Crippen molar-refractivity contribution in [1.82, 2.24) is 10.2 Å². The summed E-state index contributed by atoms with van der Waals surface area (Å²) in [6, 6.07) is 14.1. The van der Waals surface area contributed by atoms with Crippen molar-refractivity contribution < 1.29 is 9.59 Å². The SMILES string of the molecule is CCCCNC(=O)C(C)N(Cc1cccc(C)c1)C(=O)CSCc1cc(C)cc(C)c1. The molecule has 2 aromatic rings. The molecular weight excluding hydrogens is 404 g/mol. The van der Waals surface area contributed by atoms with E-state index in [4.69, 9.17) is 0 Å². The number of rotatable bonds is 11. The maximum atomic E-state index is 13.2. The van der Waals surface area contributed by atoms with Crippen LogP contribution in [0.3, 0.4) is 0 Å². The Labute approximate surface area is 191 Å². The topological polar surface area (TPSA) is 49.4 Å². The molecule has 4 nitrogen and oxygen atoms in total. The first-order chi connectivity index (χ1) is 14.8. The molecule has 0 spiro atoms. The second-order valence-corrected chi connectivity index (χ2v) is 9.31. The van der Waals surface area contributed by atoms with Crippen molar-refractivity contribution in [2.45, 2.75) is 65.8 Å². The fraction of sp³-hybridized carbons (Fsp3) is 0.462. The van der Waals surface area contributed by atoms with Crippen LogP contribution in [-0.2, 0) is 21.9 Å². The molecule has 1 N–H and O–H groups in total. The number of nitrogens with zero attached hydrogens (tertiary/aromatic N) is 1.